The largest absolute Gasteiger partial charge is 0.540 e. The van der Waals surface area contributed by atoms with Crippen molar-refractivity contribution in [2.45, 2.75) is 64.6 Å². The number of carbonyl (C=O) groups excluding carboxylic acids is 2. The van der Waals surface area contributed by atoms with Crippen LogP contribution in [0, 0.1) is 0 Å². The molecule has 0 N–H and O–H groups in total. The number of unbranched alkanes of at least 4 members (excludes halogenated alkanes) is 3. The van der Waals surface area contributed by atoms with Crippen LogP contribution in [0.5, 0.6) is 0 Å². The Hall–Kier alpha value is -2.06. The molecule has 0 aliphatic rings. The lowest BCUT2D eigenvalue weighted by Crippen LogP contribution is -2.23. The molecule has 0 aliphatic carbocycles. The lowest BCUT2D eigenvalue weighted by atomic mass is 10.1. The van der Waals surface area contributed by atoms with E-state index in [2.05, 4.69) is 22.9 Å². The van der Waals surface area contributed by atoms with Gasteiger partial charge in [0.15, 0.2) is 0 Å². The Morgan fingerprint density at radius 1 is 0.731 bits per heavy atom. The fraction of sp³-hybridized carbons (Fsp3) is 0.667. The van der Waals surface area contributed by atoms with E-state index in [1.54, 1.807) is 27.7 Å². The highest BCUT2D eigenvalue weighted by Gasteiger charge is 2.19. The van der Waals surface area contributed by atoms with Crippen LogP contribution in [0.4, 0.5) is 9.59 Å². The van der Waals surface area contributed by atoms with Gasteiger partial charge in [-0.15, -0.1) is 13.2 Å². The topological polar surface area (TPSA) is 89.5 Å². The van der Waals surface area contributed by atoms with Gasteiger partial charge < -0.3 is 9.47 Å². The molecule has 0 rings (SSSR count). The third kappa shape index (κ3) is 13.3. The van der Waals surface area contributed by atoms with Crippen molar-refractivity contribution in [3.8, 4) is 0 Å². The molecular formula is C18H30O8. The monoisotopic (exact) mass is 374 g/mol. The van der Waals surface area contributed by atoms with E-state index >= 15 is 0 Å². The van der Waals surface area contributed by atoms with Crippen molar-refractivity contribution in [2.24, 2.45) is 0 Å². The molecule has 0 aliphatic heterocycles. The summed E-state index contributed by atoms with van der Waals surface area (Å²) in [7, 11) is 0. The number of rotatable bonds is 13. The van der Waals surface area contributed by atoms with Gasteiger partial charge in [-0.25, -0.2) is 9.59 Å². The van der Waals surface area contributed by atoms with E-state index in [9.17, 15) is 9.59 Å². The Balaban J connectivity index is 3.53. The molecule has 0 radical (unpaired) electrons. The SMILES string of the molecule is C=CC(C)(C)OOC(=O)OCCCCCCOC(=O)OOC(C)(C)C=C. The van der Waals surface area contributed by atoms with E-state index < -0.39 is 23.5 Å². The van der Waals surface area contributed by atoms with Gasteiger partial charge in [0.05, 0.1) is 13.2 Å². The van der Waals surface area contributed by atoms with Gasteiger partial charge in [-0.2, -0.15) is 9.78 Å². The zero-order chi connectivity index (χ0) is 20.1. The van der Waals surface area contributed by atoms with E-state index in [1.807, 2.05) is 0 Å². The molecule has 0 aromatic heterocycles. The lowest BCUT2D eigenvalue weighted by Gasteiger charge is -2.17. The highest BCUT2D eigenvalue weighted by atomic mass is 17.2. The fourth-order valence-corrected chi connectivity index (χ4v) is 1.27. The molecule has 26 heavy (non-hydrogen) atoms. The summed E-state index contributed by atoms with van der Waals surface area (Å²) >= 11 is 0. The first-order chi connectivity index (χ1) is 12.1. The third-order valence-electron chi connectivity index (χ3n) is 3.11. The Morgan fingerprint density at radius 2 is 1.08 bits per heavy atom. The van der Waals surface area contributed by atoms with Gasteiger partial charge in [0, 0.05) is 0 Å². The van der Waals surface area contributed by atoms with Crippen molar-refractivity contribution in [3.05, 3.63) is 25.3 Å². The Morgan fingerprint density at radius 3 is 1.38 bits per heavy atom. The van der Waals surface area contributed by atoms with Crippen molar-refractivity contribution in [3.63, 3.8) is 0 Å². The summed E-state index contributed by atoms with van der Waals surface area (Å²) in [5, 5.41) is 0. The summed E-state index contributed by atoms with van der Waals surface area (Å²) in [5.41, 5.74) is -1.54. The quantitative estimate of drug-likeness (QED) is 0.151. The Labute approximate surface area is 154 Å². The zero-order valence-electron chi connectivity index (χ0n) is 16.1. The van der Waals surface area contributed by atoms with Crippen molar-refractivity contribution in [2.75, 3.05) is 13.2 Å². The average Bonchev–Trinajstić information content (AvgIpc) is 2.60. The van der Waals surface area contributed by atoms with Crippen LogP contribution in [-0.4, -0.2) is 36.7 Å². The minimum absolute atomic E-state index is 0.212. The lowest BCUT2D eigenvalue weighted by molar-refractivity contribution is -0.303. The molecule has 0 spiro atoms. The predicted molar refractivity (Wildman–Crippen MR) is 94.1 cm³/mol. The van der Waals surface area contributed by atoms with E-state index in [0.717, 1.165) is 12.8 Å². The first-order valence-electron chi connectivity index (χ1n) is 8.44. The average molecular weight is 374 g/mol. The molecule has 0 aromatic carbocycles. The van der Waals surface area contributed by atoms with Crippen molar-refractivity contribution in [1.29, 1.82) is 0 Å². The second-order valence-electron chi connectivity index (χ2n) is 6.56. The highest BCUT2D eigenvalue weighted by Crippen LogP contribution is 2.12. The summed E-state index contributed by atoms with van der Waals surface area (Å²) in [6.45, 7) is 14.3. The molecule has 0 unspecified atom stereocenters. The molecule has 150 valence electrons. The van der Waals surface area contributed by atoms with Gasteiger partial charge in [0.25, 0.3) is 0 Å². The van der Waals surface area contributed by atoms with Crippen molar-refractivity contribution < 1.29 is 38.6 Å². The second kappa shape index (κ2) is 12.3. The van der Waals surface area contributed by atoms with Crippen LogP contribution in [0.3, 0.4) is 0 Å². The van der Waals surface area contributed by atoms with E-state index in [4.69, 9.17) is 19.2 Å². The molecular weight excluding hydrogens is 344 g/mol. The van der Waals surface area contributed by atoms with Crippen LogP contribution in [-0.2, 0) is 29.0 Å². The van der Waals surface area contributed by atoms with E-state index in [-0.39, 0.29) is 13.2 Å². The smallest absolute Gasteiger partial charge is 0.432 e. The Bertz CT molecular complexity index is 414. The molecule has 8 nitrogen and oxygen atoms in total. The molecule has 0 fully saturated rings. The van der Waals surface area contributed by atoms with Crippen LogP contribution in [0.1, 0.15) is 53.4 Å². The van der Waals surface area contributed by atoms with Crippen LogP contribution in [0.25, 0.3) is 0 Å². The number of hydrogen-bond acceptors (Lipinski definition) is 8. The normalized spacial score (nSPS) is 11.4. The highest BCUT2D eigenvalue weighted by molar-refractivity contribution is 5.59. The molecule has 8 heteroatoms. The van der Waals surface area contributed by atoms with Crippen LogP contribution < -0.4 is 0 Å². The predicted octanol–water partition coefficient (Wildman–Crippen LogP) is 4.65. The minimum atomic E-state index is -0.895. The van der Waals surface area contributed by atoms with Crippen LogP contribution in [0.2, 0.25) is 0 Å². The fourth-order valence-electron chi connectivity index (χ4n) is 1.27. The summed E-state index contributed by atoms with van der Waals surface area (Å²) in [4.78, 5) is 41.3. The van der Waals surface area contributed by atoms with Crippen LogP contribution >= 0.6 is 0 Å². The summed E-state index contributed by atoms with van der Waals surface area (Å²) in [6.07, 6.45) is 4.12. The number of carbonyl (C=O) groups is 2. The minimum Gasteiger partial charge on any atom is -0.432 e. The van der Waals surface area contributed by atoms with Crippen LogP contribution in [0.15, 0.2) is 25.3 Å². The van der Waals surface area contributed by atoms with Crippen molar-refractivity contribution >= 4 is 12.3 Å². The maximum absolute atomic E-state index is 11.3. The second-order valence-corrected chi connectivity index (χ2v) is 6.56. The first kappa shape index (κ1) is 23.9. The van der Waals surface area contributed by atoms with Crippen molar-refractivity contribution in [1.82, 2.24) is 0 Å². The summed E-state index contributed by atoms with van der Waals surface area (Å²) < 4.78 is 9.70. The molecule has 0 amide bonds. The molecule has 0 saturated carbocycles. The standard InChI is InChI=1S/C18H30O8/c1-7-17(3,4)25-23-15(19)21-13-11-9-10-12-14-22-16(20)24-26-18(5,6)8-2/h7-8H,1-2,9-14H2,3-6H3. The molecule has 0 atom stereocenters. The summed E-state index contributed by atoms with van der Waals surface area (Å²) in [5.74, 6) is 0. The van der Waals surface area contributed by atoms with Gasteiger partial charge >= 0.3 is 12.3 Å². The summed E-state index contributed by atoms with van der Waals surface area (Å²) in [6, 6.07) is 0. The molecule has 0 bridgehead atoms. The van der Waals surface area contributed by atoms with Gasteiger partial charge in [0.1, 0.15) is 11.2 Å². The molecule has 0 heterocycles. The van der Waals surface area contributed by atoms with Gasteiger partial charge in [-0.3, -0.25) is 9.78 Å². The maximum atomic E-state index is 11.3. The molecule has 0 saturated heterocycles. The molecule has 0 aromatic rings. The number of hydrogen-bond donors (Lipinski definition) is 0. The van der Waals surface area contributed by atoms with E-state index in [0.29, 0.717) is 12.8 Å². The van der Waals surface area contributed by atoms with Gasteiger partial charge in [-0.1, -0.05) is 12.2 Å². The Kier molecular flexibility index (Phi) is 11.3. The first-order valence-corrected chi connectivity index (χ1v) is 8.44. The van der Waals surface area contributed by atoms with Gasteiger partial charge in [-0.05, 0) is 53.4 Å². The third-order valence-corrected chi connectivity index (χ3v) is 3.11. The maximum Gasteiger partial charge on any atom is 0.540 e. The number of ether oxygens (including phenoxy) is 2. The zero-order valence-corrected chi connectivity index (χ0v) is 16.1. The van der Waals surface area contributed by atoms with Gasteiger partial charge in [0.2, 0.25) is 0 Å². The van der Waals surface area contributed by atoms with E-state index in [1.165, 1.54) is 12.2 Å².